The highest BCUT2D eigenvalue weighted by Crippen LogP contribution is 2.69. The minimum atomic E-state index is -0.190. The monoisotopic (exact) mass is 406 g/mol. The van der Waals surface area contributed by atoms with Crippen LogP contribution in [0.15, 0.2) is 0 Å². The Balaban J connectivity index is 1.63. The number of aliphatic hydroxyl groups is 3. The lowest BCUT2D eigenvalue weighted by atomic mass is 9.41. The van der Waals surface area contributed by atoms with Crippen LogP contribution in [-0.4, -0.2) is 34.1 Å². The van der Waals surface area contributed by atoms with E-state index in [1.165, 1.54) is 25.7 Å². The van der Waals surface area contributed by atoms with E-state index in [-0.39, 0.29) is 12.2 Å². The molecular formula is C26H46O3. The molecule has 0 amide bonds. The fourth-order valence-electron chi connectivity index (χ4n) is 9.55. The zero-order valence-corrected chi connectivity index (χ0v) is 19.3. The van der Waals surface area contributed by atoms with Gasteiger partial charge in [0.15, 0.2) is 0 Å². The third kappa shape index (κ3) is 3.33. The molecule has 168 valence electrons. The summed E-state index contributed by atoms with van der Waals surface area (Å²) in [5.41, 5.74) is 0.651. The molecule has 0 saturated heterocycles. The van der Waals surface area contributed by atoms with Crippen molar-refractivity contribution >= 4 is 0 Å². The van der Waals surface area contributed by atoms with Crippen LogP contribution >= 0.6 is 0 Å². The molecule has 4 unspecified atom stereocenters. The second-order valence-corrected chi connectivity index (χ2v) is 12.0. The number of fused-ring (bicyclic) bond motifs is 5. The highest BCUT2D eigenvalue weighted by atomic mass is 16.3. The quantitative estimate of drug-likeness (QED) is 0.601. The van der Waals surface area contributed by atoms with Gasteiger partial charge in [-0.25, -0.2) is 0 Å². The first-order valence-corrected chi connectivity index (χ1v) is 12.7. The molecule has 0 heterocycles. The molecule has 4 aliphatic carbocycles. The molecule has 0 aliphatic heterocycles. The smallest absolute Gasteiger partial charge is 0.0605 e. The van der Waals surface area contributed by atoms with Gasteiger partial charge >= 0.3 is 0 Å². The summed E-state index contributed by atoms with van der Waals surface area (Å²) in [5.74, 6) is 3.97. The van der Waals surface area contributed by atoms with Crippen LogP contribution in [0.4, 0.5) is 0 Å². The molecule has 0 aromatic carbocycles. The first kappa shape index (κ1) is 22.1. The molecule has 11 atom stereocenters. The molecule has 0 aromatic rings. The van der Waals surface area contributed by atoms with E-state index in [9.17, 15) is 15.3 Å². The fourth-order valence-corrected chi connectivity index (χ4v) is 9.55. The Bertz CT molecular complexity index is 578. The average molecular weight is 407 g/mol. The van der Waals surface area contributed by atoms with Gasteiger partial charge in [-0.2, -0.15) is 0 Å². The Hall–Kier alpha value is -0.120. The van der Waals surface area contributed by atoms with Gasteiger partial charge in [-0.1, -0.05) is 34.1 Å². The molecule has 3 nitrogen and oxygen atoms in total. The molecule has 0 radical (unpaired) electrons. The van der Waals surface area contributed by atoms with Gasteiger partial charge < -0.3 is 15.3 Å². The molecule has 4 fully saturated rings. The van der Waals surface area contributed by atoms with E-state index in [1.54, 1.807) is 0 Å². The standard InChI is InChI=1S/C26H46O3/c1-5-18-22-15-17(28)10-12-26(22,4)21-11-13-25(3)19(16(2)7-6-14-27)8-9-20(25)23(21)24(18)29/h16-24,27-29H,5-15H2,1-4H3/t16-,17+,18+,19-,20?,21?,22+,23?,24-,25-,26?/m1/s1. The Labute approximate surface area is 178 Å². The minimum Gasteiger partial charge on any atom is -0.396 e. The summed E-state index contributed by atoms with van der Waals surface area (Å²) in [4.78, 5) is 0. The van der Waals surface area contributed by atoms with Crippen LogP contribution in [0.1, 0.15) is 91.9 Å². The molecule has 3 N–H and O–H groups in total. The number of hydrogen-bond donors (Lipinski definition) is 3. The van der Waals surface area contributed by atoms with Crippen LogP contribution < -0.4 is 0 Å². The second kappa shape index (κ2) is 8.10. The third-order valence-corrected chi connectivity index (χ3v) is 11.0. The summed E-state index contributed by atoms with van der Waals surface area (Å²) in [7, 11) is 0. The van der Waals surface area contributed by atoms with E-state index in [0.717, 1.165) is 44.4 Å². The predicted octanol–water partition coefficient (Wildman–Crippen LogP) is 5.02. The van der Waals surface area contributed by atoms with Gasteiger partial charge in [0.25, 0.3) is 0 Å². The largest absolute Gasteiger partial charge is 0.396 e. The molecule has 0 bridgehead atoms. The lowest BCUT2D eigenvalue weighted by molar-refractivity contribution is -0.203. The molecule has 29 heavy (non-hydrogen) atoms. The summed E-state index contributed by atoms with van der Waals surface area (Å²) < 4.78 is 0. The molecule has 4 saturated carbocycles. The maximum absolute atomic E-state index is 11.7. The van der Waals surface area contributed by atoms with E-state index in [2.05, 4.69) is 27.7 Å². The van der Waals surface area contributed by atoms with Crippen LogP contribution in [0.2, 0.25) is 0 Å². The van der Waals surface area contributed by atoms with Gasteiger partial charge in [-0.3, -0.25) is 0 Å². The van der Waals surface area contributed by atoms with Crippen molar-refractivity contribution in [3.63, 3.8) is 0 Å². The van der Waals surface area contributed by atoms with E-state index < -0.39 is 0 Å². The summed E-state index contributed by atoms with van der Waals surface area (Å²) in [6.45, 7) is 10.0. The van der Waals surface area contributed by atoms with Crippen molar-refractivity contribution < 1.29 is 15.3 Å². The summed E-state index contributed by atoms with van der Waals surface area (Å²) in [6, 6.07) is 0. The highest BCUT2D eigenvalue weighted by molar-refractivity contribution is 5.13. The lowest BCUT2D eigenvalue weighted by Gasteiger charge is -2.64. The molecule has 3 heteroatoms. The predicted molar refractivity (Wildman–Crippen MR) is 117 cm³/mol. The van der Waals surface area contributed by atoms with Crippen molar-refractivity contribution in [2.24, 2.45) is 52.3 Å². The normalized spacial score (nSPS) is 53.1. The number of aliphatic hydroxyl groups excluding tert-OH is 3. The van der Waals surface area contributed by atoms with Crippen molar-refractivity contribution in [1.82, 2.24) is 0 Å². The molecule has 0 spiro atoms. The van der Waals surface area contributed by atoms with Crippen LogP contribution in [-0.2, 0) is 0 Å². The van der Waals surface area contributed by atoms with Crippen molar-refractivity contribution in [2.75, 3.05) is 6.61 Å². The van der Waals surface area contributed by atoms with Crippen molar-refractivity contribution in [2.45, 2.75) is 104 Å². The zero-order chi connectivity index (χ0) is 21.0. The molecule has 4 aliphatic rings. The maximum atomic E-state index is 11.7. The second-order valence-electron chi connectivity index (χ2n) is 12.0. The summed E-state index contributed by atoms with van der Waals surface area (Å²) >= 11 is 0. The first-order chi connectivity index (χ1) is 13.8. The summed E-state index contributed by atoms with van der Waals surface area (Å²) in [5, 5.41) is 31.4. The fraction of sp³-hybridized carbons (Fsp3) is 1.00. The SMILES string of the molecule is CC[C@@H]1[C@@H](O)C2C(CC[C@@]3(C)C2CC[C@@H]3[C@H](C)CCCO)C2(C)CC[C@H](O)C[C@@H]12. The Kier molecular flexibility index (Phi) is 6.17. The van der Waals surface area contributed by atoms with Gasteiger partial charge in [-0.15, -0.1) is 0 Å². The zero-order valence-electron chi connectivity index (χ0n) is 19.3. The lowest BCUT2D eigenvalue weighted by Crippen LogP contribution is -2.62. The van der Waals surface area contributed by atoms with Gasteiger partial charge in [-0.05, 0) is 110 Å². The van der Waals surface area contributed by atoms with E-state index in [0.29, 0.717) is 52.9 Å². The third-order valence-electron chi connectivity index (χ3n) is 11.0. The number of rotatable bonds is 5. The molecular weight excluding hydrogens is 360 g/mol. The maximum Gasteiger partial charge on any atom is 0.0605 e. The van der Waals surface area contributed by atoms with Crippen molar-refractivity contribution in [1.29, 1.82) is 0 Å². The average Bonchev–Trinajstić information content (AvgIpc) is 3.05. The Morgan fingerprint density at radius 2 is 1.62 bits per heavy atom. The number of hydrogen-bond acceptors (Lipinski definition) is 3. The molecule has 0 aromatic heterocycles. The minimum absolute atomic E-state index is 0.164. The first-order valence-electron chi connectivity index (χ1n) is 12.7. The Morgan fingerprint density at radius 3 is 2.31 bits per heavy atom. The van der Waals surface area contributed by atoms with Crippen LogP contribution in [0.3, 0.4) is 0 Å². The van der Waals surface area contributed by atoms with Gasteiger partial charge in [0.05, 0.1) is 12.2 Å². The van der Waals surface area contributed by atoms with E-state index in [4.69, 9.17) is 0 Å². The van der Waals surface area contributed by atoms with Gasteiger partial charge in [0, 0.05) is 6.61 Å². The van der Waals surface area contributed by atoms with Crippen molar-refractivity contribution in [3.8, 4) is 0 Å². The molecule has 4 rings (SSSR count). The highest BCUT2D eigenvalue weighted by Gasteiger charge is 2.64. The van der Waals surface area contributed by atoms with E-state index >= 15 is 0 Å². The van der Waals surface area contributed by atoms with Crippen LogP contribution in [0, 0.1) is 52.3 Å². The Morgan fingerprint density at radius 1 is 0.931 bits per heavy atom. The van der Waals surface area contributed by atoms with Crippen LogP contribution in [0.25, 0.3) is 0 Å². The summed E-state index contributed by atoms with van der Waals surface area (Å²) in [6.07, 6.45) is 10.9. The van der Waals surface area contributed by atoms with Gasteiger partial charge in [0.2, 0.25) is 0 Å². The van der Waals surface area contributed by atoms with Crippen LogP contribution in [0.5, 0.6) is 0 Å². The van der Waals surface area contributed by atoms with E-state index in [1.807, 2.05) is 0 Å². The topological polar surface area (TPSA) is 60.7 Å². The van der Waals surface area contributed by atoms with Gasteiger partial charge in [0.1, 0.15) is 0 Å². The van der Waals surface area contributed by atoms with Crippen molar-refractivity contribution in [3.05, 3.63) is 0 Å².